The molecule has 0 saturated carbocycles. The Balaban J connectivity index is 5.29. The maximum absolute atomic E-state index is 12.0. The minimum absolute atomic E-state index is 0.169. The molecule has 0 rings (SSSR count). The van der Waals surface area contributed by atoms with Crippen LogP contribution in [0.1, 0.15) is 27.2 Å². The first kappa shape index (κ1) is 20.0. The van der Waals surface area contributed by atoms with Gasteiger partial charge in [0.25, 0.3) is 0 Å². The van der Waals surface area contributed by atoms with E-state index in [1.165, 1.54) is 6.92 Å². The SMILES string of the molecule is CC[C@H](C)[C@H](N)C(=O)NC(C(C)N)C(C(=O)O)P(=O)(O)O. The molecule has 3 unspecified atom stereocenters. The van der Waals surface area contributed by atoms with Crippen LogP contribution in [-0.2, 0) is 14.2 Å². The topological polar surface area (TPSA) is 176 Å². The Morgan fingerprint density at radius 2 is 1.71 bits per heavy atom. The van der Waals surface area contributed by atoms with Gasteiger partial charge in [-0.1, -0.05) is 20.3 Å². The maximum Gasteiger partial charge on any atom is 0.341 e. The van der Waals surface area contributed by atoms with Gasteiger partial charge in [0.2, 0.25) is 5.91 Å². The summed E-state index contributed by atoms with van der Waals surface area (Å²) in [6.07, 6.45) is 0.623. The molecule has 0 aliphatic carbocycles. The van der Waals surface area contributed by atoms with Crippen LogP contribution >= 0.6 is 7.60 Å². The van der Waals surface area contributed by atoms with Crippen molar-refractivity contribution in [1.29, 1.82) is 0 Å². The van der Waals surface area contributed by atoms with Gasteiger partial charge in [0, 0.05) is 6.04 Å². The summed E-state index contributed by atoms with van der Waals surface area (Å²) in [5, 5.41) is 11.3. The standard InChI is InChI=1S/C11H24N3O6P/c1-4-5(2)7(13)10(15)14-8(6(3)12)9(11(16)17)21(18,19)20/h5-9H,4,12-13H2,1-3H3,(H,14,15)(H,16,17)(H2,18,19,20)/t5-,6?,7-,8?,9?/m0/s1. The first-order valence-corrected chi connectivity index (χ1v) is 8.21. The second-order valence-electron chi connectivity index (χ2n) is 5.18. The summed E-state index contributed by atoms with van der Waals surface area (Å²) in [6.45, 7) is 4.92. The predicted molar refractivity (Wildman–Crippen MR) is 76.5 cm³/mol. The zero-order chi connectivity index (χ0) is 17.0. The summed E-state index contributed by atoms with van der Waals surface area (Å²) in [7, 11) is -4.99. The van der Waals surface area contributed by atoms with E-state index in [0.29, 0.717) is 6.42 Å². The van der Waals surface area contributed by atoms with E-state index in [1.54, 1.807) is 6.92 Å². The average molecular weight is 325 g/mol. The molecule has 9 nitrogen and oxygen atoms in total. The van der Waals surface area contributed by atoms with E-state index in [4.69, 9.17) is 26.4 Å². The van der Waals surface area contributed by atoms with Crippen molar-refractivity contribution in [2.75, 3.05) is 0 Å². The van der Waals surface area contributed by atoms with Crippen LogP contribution in [0.3, 0.4) is 0 Å². The molecule has 0 aromatic rings. The van der Waals surface area contributed by atoms with Gasteiger partial charge < -0.3 is 31.7 Å². The molecule has 0 aromatic heterocycles. The Morgan fingerprint density at radius 3 is 2.00 bits per heavy atom. The molecule has 8 N–H and O–H groups in total. The molecule has 0 aliphatic heterocycles. The van der Waals surface area contributed by atoms with Gasteiger partial charge in [-0.2, -0.15) is 0 Å². The Kier molecular flexibility index (Phi) is 7.49. The lowest BCUT2D eigenvalue weighted by Gasteiger charge is -2.30. The van der Waals surface area contributed by atoms with Gasteiger partial charge in [-0.25, -0.2) is 0 Å². The van der Waals surface area contributed by atoms with Gasteiger partial charge in [0.05, 0.1) is 12.1 Å². The van der Waals surface area contributed by atoms with Crippen LogP contribution in [-0.4, -0.2) is 50.6 Å². The van der Waals surface area contributed by atoms with E-state index in [9.17, 15) is 14.2 Å². The van der Waals surface area contributed by atoms with Crippen LogP contribution in [0, 0.1) is 5.92 Å². The van der Waals surface area contributed by atoms with Crippen LogP contribution in [0.15, 0.2) is 0 Å². The van der Waals surface area contributed by atoms with Gasteiger partial charge in [-0.3, -0.25) is 14.2 Å². The molecule has 0 saturated heterocycles. The highest BCUT2D eigenvalue weighted by Gasteiger charge is 2.45. The Morgan fingerprint density at radius 1 is 1.24 bits per heavy atom. The number of hydrogen-bond donors (Lipinski definition) is 6. The average Bonchev–Trinajstić information content (AvgIpc) is 2.33. The zero-order valence-electron chi connectivity index (χ0n) is 12.3. The summed E-state index contributed by atoms with van der Waals surface area (Å²) in [5.41, 5.74) is 9.16. The fourth-order valence-corrected chi connectivity index (χ4v) is 2.83. The maximum atomic E-state index is 12.0. The van der Waals surface area contributed by atoms with Crippen LogP contribution in [0.5, 0.6) is 0 Å². The summed E-state index contributed by atoms with van der Waals surface area (Å²) in [5.74, 6) is -2.59. The number of aliphatic carboxylic acids is 1. The number of amides is 1. The van der Waals surface area contributed by atoms with Gasteiger partial charge in [0.15, 0.2) is 5.66 Å². The number of carbonyl (C=O) groups is 2. The Hall–Kier alpha value is -0.990. The normalized spacial score (nSPS) is 19.2. The van der Waals surface area contributed by atoms with E-state index in [2.05, 4.69) is 5.32 Å². The molecule has 0 fully saturated rings. The first-order chi connectivity index (χ1) is 9.43. The summed E-state index contributed by atoms with van der Waals surface area (Å²) >= 11 is 0. The molecule has 0 aliphatic rings. The van der Waals surface area contributed by atoms with E-state index < -0.39 is 43.3 Å². The summed E-state index contributed by atoms with van der Waals surface area (Å²) in [6, 6.07) is -3.32. The largest absolute Gasteiger partial charge is 0.480 e. The highest BCUT2D eigenvalue weighted by atomic mass is 31.2. The second kappa shape index (κ2) is 7.86. The lowest BCUT2D eigenvalue weighted by Crippen LogP contribution is -2.59. The van der Waals surface area contributed by atoms with Crippen molar-refractivity contribution in [3.05, 3.63) is 0 Å². The number of rotatable bonds is 8. The molecule has 0 aromatic carbocycles. The summed E-state index contributed by atoms with van der Waals surface area (Å²) < 4.78 is 11.3. The van der Waals surface area contributed by atoms with Crippen molar-refractivity contribution in [3.8, 4) is 0 Å². The van der Waals surface area contributed by atoms with Crippen LogP contribution in [0.25, 0.3) is 0 Å². The Labute approximate surface area is 123 Å². The molecule has 124 valence electrons. The monoisotopic (exact) mass is 325 g/mol. The molecule has 0 bridgehead atoms. The lowest BCUT2D eigenvalue weighted by atomic mass is 9.98. The molecule has 21 heavy (non-hydrogen) atoms. The second-order valence-corrected chi connectivity index (χ2v) is 6.91. The van der Waals surface area contributed by atoms with Crippen molar-refractivity contribution in [1.82, 2.24) is 5.32 Å². The third-order valence-electron chi connectivity index (χ3n) is 3.39. The third-order valence-corrected chi connectivity index (χ3v) is 4.66. The minimum Gasteiger partial charge on any atom is -0.480 e. The van der Waals surface area contributed by atoms with Gasteiger partial charge in [-0.15, -0.1) is 0 Å². The van der Waals surface area contributed by atoms with Crippen molar-refractivity contribution < 1.29 is 29.0 Å². The van der Waals surface area contributed by atoms with Crippen molar-refractivity contribution in [2.45, 2.75) is 51.0 Å². The van der Waals surface area contributed by atoms with Crippen LogP contribution in [0.2, 0.25) is 0 Å². The fraction of sp³-hybridized carbons (Fsp3) is 0.818. The van der Waals surface area contributed by atoms with E-state index in [0.717, 1.165) is 0 Å². The number of carboxylic acids is 1. The molecule has 0 radical (unpaired) electrons. The van der Waals surface area contributed by atoms with Crippen molar-refractivity contribution in [3.63, 3.8) is 0 Å². The van der Waals surface area contributed by atoms with E-state index in [1.807, 2.05) is 6.92 Å². The van der Waals surface area contributed by atoms with Crippen molar-refractivity contribution in [2.24, 2.45) is 17.4 Å². The number of carboxylic acid groups (broad SMARTS) is 1. The van der Waals surface area contributed by atoms with Gasteiger partial charge in [0.1, 0.15) is 0 Å². The van der Waals surface area contributed by atoms with Crippen molar-refractivity contribution >= 4 is 19.5 Å². The molecule has 0 spiro atoms. The lowest BCUT2D eigenvalue weighted by molar-refractivity contribution is -0.137. The highest BCUT2D eigenvalue weighted by molar-refractivity contribution is 7.53. The van der Waals surface area contributed by atoms with Gasteiger partial charge in [-0.05, 0) is 12.8 Å². The molecular weight excluding hydrogens is 301 g/mol. The van der Waals surface area contributed by atoms with E-state index >= 15 is 0 Å². The number of hydrogen-bond acceptors (Lipinski definition) is 5. The third kappa shape index (κ3) is 5.72. The highest BCUT2D eigenvalue weighted by Crippen LogP contribution is 2.43. The smallest absolute Gasteiger partial charge is 0.341 e. The number of nitrogens with two attached hydrogens (primary N) is 2. The molecule has 0 heterocycles. The van der Waals surface area contributed by atoms with Crippen LogP contribution in [0.4, 0.5) is 0 Å². The summed E-state index contributed by atoms with van der Waals surface area (Å²) in [4.78, 5) is 41.4. The molecule has 1 amide bonds. The first-order valence-electron chi connectivity index (χ1n) is 6.53. The quantitative estimate of drug-likeness (QED) is 0.302. The predicted octanol–water partition coefficient (Wildman–Crippen LogP) is -1.18. The zero-order valence-corrected chi connectivity index (χ0v) is 13.2. The van der Waals surface area contributed by atoms with Crippen LogP contribution < -0.4 is 16.8 Å². The molecule has 10 heteroatoms. The fourth-order valence-electron chi connectivity index (χ4n) is 1.78. The van der Waals surface area contributed by atoms with E-state index in [-0.39, 0.29) is 5.92 Å². The molecule has 5 atom stereocenters. The molecular formula is C11H24N3O6P. The number of carbonyl (C=O) groups excluding carboxylic acids is 1. The Bertz CT molecular complexity index is 424. The van der Waals surface area contributed by atoms with Gasteiger partial charge >= 0.3 is 13.6 Å². The minimum atomic E-state index is -4.99. The number of nitrogens with one attached hydrogen (secondary N) is 1.